The zero-order valence-electron chi connectivity index (χ0n) is 9.48. The van der Waals surface area contributed by atoms with Crippen LogP contribution in [0, 0.1) is 0 Å². The molecule has 0 heterocycles. The molecule has 1 rings (SSSR count). The van der Waals surface area contributed by atoms with E-state index in [1.165, 1.54) is 4.31 Å². The van der Waals surface area contributed by atoms with E-state index in [9.17, 15) is 8.42 Å². The second kappa shape index (κ2) is 5.12. The van der Waals surface area contributed by atoms with E-state index >= 15 is 0 Å². The average molecular weight is 299 g/mol. The van der Waals surface area contributed by atoms with Crippen LogP contribution < -0.4 is 0 Å². The van der Waals surface area contributed by atoms with Gasteiger partial charge in [0.05, 0.1) is 0 Å². The first-order valence-electron chi connectivity index (χ1n) is 5.22. The van der Waals surface area contributed by atoms with Crippen molar-refractivity contribution in [3.8, 4) is 0 Å². The fraction of sp³-hybridized carbons (Fsp3) is 1.00. The molecule has 0 radical (unpaired) electrons. The molecule has 15 heavy (non-hydrogen) atoms. The van der Waals surface area contributed by atoms with E-state index in [0.717, 1.165) is 12.8 Å². The van der Waals surface area contributed by atoms with Gasteiger partial charge in [0.1, 0.15) is 0 Å². The number of rotatable bonds is 6. The first kappa shape index (κ1) is 13.4. The molecule has 0 N–H and O–H groups in total. The molecule has 0 aromatic carbocycles. The minimum atomic E-state index is -3.26. The first-order chi connectivity index (χ1) is 6.91. The third kappa shape index (κ3) is 3.15. The van der Waals surface area contributed by atoms with Crippen LogP contribution in [0.1, 0.15) is 26.7 Å². The molecule has 0 unspecified atom stereocenters. The summed E-state index contributed by atoms with van der Waals surface area (Å²) in [5.74, 6) is 0. The van der Waals surface area contributed by atoms with Gasteiger partial charge in [0, 0.05) is 31.0 Å². The second-order valence-corrected chi connectivity index (χ2v) is 6.88. The van der Waals surface area contributed by atoms with Crippen LogP contribution in [0.25, 0.3) is 0 Å². The van der Waals surface area contributed by atoms with Gasteiger partial charge in [-0.15, -0.1) is 0 Å². The molecule has 0 bridgehead atoms. The topological polar surface area (TPSA) is 40.6 Å². The molecule has 6 heteroatoms. The van der Waals surface area contributed by atoms with E-state index in [1.807, 2.05) is 13.8 Å². The van der Waals surface area contributed by atoms with Crippen LogP contribution in [0.3, 0.4) is 0 Å². The van der Waals surface area contributed by atoms with Crippen LogP contribution in [-0.4, -0.2) is 48.0 Å². The van der Waals surface area contributed by atoms with Crippen LogP contribution in [0.2, 0.25) is 0 Å². The van der Waals surface area contributed by atoms with Crippen molar-refractivity contribution in [3.05, 3.63) is 0 Å². The molecule has 1 saturated carbocycles. The summed E-state index contributed by atoms with van der Waals surface area (Å²) >= 11 is 3.30. The lowest BCUT2D eigenvalue weighted by molar-refractivity contribution is 0.338. The Labute approximate surface area is 101 Å². The van der Waals surface area contributed by atoms with Crippen molar-refractivity contribution < 1.29 is 8.42 Å². The van der Waals surface area contributed by atoms with Gasteiger partial charge in [0.25, 0.3) is 10.2 Å². The highest BCUT2D eigenvalue weighted by atomic mass is 79.9. The highest BCUT2D eigenvalue weighted by Gasteiger charge is 2.39. The zero-order valence-corrected chi connectivity index (χ0v) is 11.9. The Balaban J connectivity index is 2.80. The maximum Gasteiger partial charge on any atom is 0.282 e. The molecule has 0 aromatic heterocycles. The van der Waals surface area contributed by atoms with Crippen molar-refractivity contribution in [2.75, 3.05) is 18.9 Å². The van der Waals surface area contributed by atoms with Crippen molar-refractivity contribution in [2.24, 2.45) is 0 Å². The van der Waals surface area contributed by atoms with Crippen molar-refractivity contribution in [2.45, 2.75) is 38.8 Å². The number of nitrogens with zero attached hydrogens (tertiary/aromatic N) is 2. The van der Waals surface area contributed by atoms with Crippen LogP contribution in [0.15, 0.2) is 0 Å². The lowest BCUT2D eigenvalue weighted by Crippen LogP contribution is -2.46. The Bertz CT molecular complexity index is 301. The molecular weight excluding hydrogens is 280 g/mol. The van der Waals surface area contributed by atoms with E-state index in [-0.39, 0.29) is 12.1 Å². The number of halogens is 1. The lowest BCUT2D eigenvalue weighted by atomic mass is 10.4. The van der Waals surface area contributed by atoms with Gasteiger partial charge < -0.3 is 0 Å². The van der Waals surface area contributed by atoms with Crippen LogP contribution in [0.5, 0.6) is 0 Å². The summed E-state index contributed by atoms with van der Waals surface area (Å²) < 4.78 is 27.4. The zero-order chi connectivity index (χ0) is 11.6. The Morgan fingerprint density at radius 1 is 1.40 bits per heavy atom. The number of alkyl halides is 1. The SMILES string of the molecule is CC(C)N(C)S(=O)(=O)N(CCBr)C1CC1. The second-order valence-electron chi connectivity index (χ2n) is 4.15. The fourth-order valence-corrected chi connectivity index (χ4v) is 3.75. The molecule has 90 valence electrons. The van der Waals surface area contributed by atoms with Crippen LogP contribution in [0.4, 0.5) is 0 Å². The van der Waals surface area contributed by atoms with Gasteiger partial charge in [0.15, 0.2) is 0 Å². The summed E-state index contributed by atoms with van der Waals surface area (Å²) in [6.45, 7) is 4.33. The molecule has 1 aliphatic carbocycles. The normalized spacial score (nSPS) is 18.1. The highest BCUT2D eigenvalue weighted by molar-refractivity contribution is 9.09. The molecule has 0 aromatic rings. The van der Waals surface area contributed by atoms with Gasteiger partial charge in [-0.05, 0) is 26.7 Å². The maximum atomic E-state index is 12.2. The maximum absolute atomic E-state index is 12.2. The van der Waals surface area contributed by atoms with E-state index in [0.29, 0.717) is 11.9 Å². The fourth-order valence-electron chi connectivity index (χ4n) is 1.36. The predicted molar refractivity (Wildman–Crippen MR) is 65.3 cm³/mol. The monoisotopic (exact) mass is 298 g/mol. The molecule has 0 saturated heterocycles. The van der Waals surface area contributed by atoms with Gasteiger partial charge >= 0.3 is 0 Å². The summed E-state index contributed by atoms with van der Waals surface area (Å²) in [7, 11) is -1.62. The van der Waals surface area contributed by atoms with Gasteiger partial charge in [-0.1, -0.05) is 15.9 Å². The number of hydrogen-bond donors (Lipinski definition) is 0. The van der Waals surface area contributed by atoms with Gasteiger partial charge in [-0.3, -0.25) is 0 Å². The van der Waals surface area contributed by atoms with Crippen molar-refractivity contribution in [1.29, 1.82) is 0 Å². The minimum Gasteiger partial charge on any atom is -0.195 e. The third-order valence-electron chi connectivity index (χ3n) is 2.65. The molecule has 4 nitrogen and oxygen atoms in total. The Morgan fingerprint density at radius 3 is 2.27 bits per heavy atom. The van der Waals surface area contributed by atoms with E-state index in [1.54, 1.807) is 11.4 Å². The van der Waals surface area contributed by atoms with Crippen molar-refractivity contribution >= 4 is 26.1 Å². The molecule has 0 aliphatic heterocycles. The smallest absolute Gasteiger partial charge is 0.195 e. The van der Waals surface area contributed by atoms with Crippen LogP contribution in [-0.2, 0) is 10.2 Å². The number of hydrogen-bond acceptors (Lipinski definition) is 2. The highest BCUT2D eigenvalue weighted by Crippen LogP contribution is 2.30. The summed E-state index contributed by atoms with van der Waals surface area (Å²) in [5, 5.41) is 0.689. The van der Waals surface area contributed by atoms with Crippen molar-refractivity contribution in [3.63, 3.8) is 0 Å². The molecular formula is C9H19BrN2O2S. The molecule has 0 spiro atoms. The van der Waals surface area contributed by atoms with Gasteiger partial charge in [-0.25, -0.2) is 0 Å². The lowest BCUT2D eigenvalue weighted by Gasteiger charge is -2.29. The van der Waals surface area contributed by atoms with E-state index in [2.05, 4.69) is 15.9 Å². The molecule has 1 fully saturated rings. The van der Waals surface area contributed by atoms with Crippen molar-refractivity contribution in [1.82, 2.24) is 8.61 Å². The standard InChI is InChI=1S/C9H19BrN2O2S/c1-8(2)11(3)15(13,14)12(7-6-10)9-4-5-9/h8-9H,4-7H2,1-3H3. The largest absolute Gasteiger partial charge is 0.282 e. The van der Waals surface area contributed by atoms with E-state index < -0.39 is 10.2 Å². The average Bonchev–Trinajstić information content (AvgIpc) is 2.95. The Morgan fingerprint density at radius 2 is 1.93 bits per heavy atom. The molecule has 0 amide bonds. The Kier molecular flexibility index (Phi) is 4.58. The molecule has 0 atom stereocenters. The summed E-state index contributed by atoms with van der Waals surface area (Å²) in [6, 6.07) is 0.236. The Hall–Kier alpha value is 0.350. The minimum absolute atomic E-state index is 0.00609. The summed E-state index contributed by atoms with van der Waals surface area (Å²) in [4.78, 5) is 0. The summed E-state index contributed by atoms with van der Waals surface area (Å²) in [6.07, 6.45) is 2.00. The molecule has 1 aliphatic rings. The quantitative estimate of drug-likeness (QED) is 0.696. The van der Waals surface area contributed by atoms with Gasteiger partial charge in [0.2, 0.25) is 0 Å². The summed E-state index contributed by atoms with van der Waals surface area (Å²) in [5.41, 5.74) is 0. The first-order valence-corrected chi connectivity index (χ1v) is 7.74. The van der Waals surface area contributed by atoms with Crippen LogP contribution >= 0.6 is 15.9 Å². The van der Waals surface area contributed by atoms with E-state index in [4.69, 9.17) is 0 Å². The third-order valence-corrected chi connectivity index (χ3v) is 5.22. The van der Waals surface area contributed by atoms with Gasteiger partial charge in [-0.2, -0.15) is 17.0 Å². The predicted octanol–water partition coefficient (Wildman–Crippen LogP) is 1.43.